The molecule has 1 fully saturated rings. The molecule has 2 heterocycles. The van der Waals surface area contributed by atoms with Crippen LogP contribution in [0.4, 0.5) is 11.4 Å². The second-order valence-electron chi connectivity index (χ2n) is 5.28. The van der Waals surface area contributed by atoms with Gasteiger partial charge in [-0.15, -0.1) is 0 Å². The van der Waals surface area contributed by atoms with E-state index in [4.69, 9.17) is 9.47 Å². The Bertz CT molecular complexity index is 733. The summed E-state index contributed by atoms with van der Waals surface area (Å²) >= 11 is 3.27. The molecule has 0 unspecified atom stereocenters. The smallest absolute Gasteiger partial charge is 0.274 e. The van der Waals surface area contributed by atoms with Crippen molar-refractivity contribution < 1.29 is 14.3 Å². The summed E-state index contributed by atoms with van der Waals surface area (Å²) in [6, 6.07) is 11.0. The maximum atomic E-state index is 12.4. The second kappa shape index (κ2) is 7.63. The van der Waals surface area contributed by atoms with Gasteiger partial charge in [-0.25, -0.2) is 4.98 Å². The maximum Gasteiger partial charge on any atom is 0.274 e. The number of pyridine rings is 1. The number of anilines is 2. The molecule has 0 aliphatic carbocycles. The molecule has 3 rings (SSSR count). The molecule has 0 radical (unpaired) electrons. The van der Waals surface area contributed by atoms with Gasteiger partial charge < -0.3 is 19.7 Å². The van der Waals surface area contributed by atoms with Gasteiger partial charge >= 0.3 is 0 Å². The first-order chi connectivity index (χ1) is 11.7. The predicted molar refractivity (Wildman–Crippen MR) is 95.9 cm³/mol. The highest BCUT2D eigenvalue weighted by molar-refractivity contribution is 9.10. The van der Waals surface area contributed by atoms with Crippen molar-refractivity contribution in [2.75, 3.05) is 43.6 Å². The maximum absolute atomic E-state index is 12.4. The van der Waals surface area contributed by atoms with Crippen molar-refractivity contribution in [2.45, 2.75) is 0 Å². The summed E-state index contributed by atoms with van der Waals surface area (Å²) in [4.78, 5) is 18.8. The number of methoxy groups -OCH3 is 1. The SMILES string of the molecule is COc1ccc(N2CCOCC2)cc1NC(=O)c1cccc(Br)n1. The minimum absolute atomic E-state index is 0.284. The van der Waals surface area contributed by atoms with E-state index in [-0.39, 0.29) is 5.91 Å². The first-order valence-corrected chi connectivity index (χ1v) is 8.41. The van der Waals surface area contributed by atoms with Gasteiger partial charge in [0.2, 0.25) is 0 Å². The Kier molecular flexibility index (Phi) is 5.32. The fourth-order valence-corrected chi connectivity index (χ4v) is 2.88. The van der Waals surface area contributed by atoms with Crippen molar-refractivity contribution in [3.05, 3.63) is 46.7 Å². The molecule has 2 aromatic rings. The minimum Gasteiger partial charge on any atom is -0.495 e. The van der Waals surface area contributed by atoms with Gasteiger partial charge in [0.25, 0.3) is 5.91 Å². The van der Waals surface area contributed by atoms with Crippen LogP contribution in [0, 0.1) is 0 Å². The van der Waals surface area contributed by atoms with Gasteiger partial charge in [-0.1, -0.05) is 6.07 Å². The first kappa shape index (κ1) is 16.7. The number of nitrogens with zero attached hydrogens (tertiary/aromatic N) is 2. The average molecular weight is 392 g/mol. The quantitative estimate of drug-likeness (QED) is 0.811. The molecule has 7 heteroatoms. The molecule has 1 aromatic heterocycles. The normalized spacial score (nSPS) is 14.3. The number of rotatable bonds is 4. The Morgan fingerprint density at radius 1 is 1.29 bits per heavy atom. The summed E-state index contributed by atoms with van der Waals surface area (Å²) in [6.07, 6.45) is 0. The molecular formula is C17H18BrN3O3. The summed E-state index contributed by atoms with van der Waals surface area (Å²) in [5.74, 6) is 0.323. The molecule has 1 aliphatic heterocycles. The molecule has 0 spiro atoms. The lowest BCUT2D eigenvalue weighted by Crippen LogP contribution is -2.36. The Hall–Kier alpha value is -2.12. The number of amides is 1. The van der Waals surface area contributed by atoms with Gasteiger partial charge in [0.15, 0.2) is 0 Å². The number of ether oxygens (including phenoxy) is 2. The summed E-state index contributed by atoms with van der Waals surface area (Å²) in [6.45, 7) is 3.06. The molecule has 0 saturated carbocycles. The number of hydrogen-bond donors (Lipinski definition) is 1. The minimum atomic E-state index is -0.284. The van der Waals surface area contributed by atoms with Crippen molar-refractivity contribution in [1.82, 2.24) is 4.98 Å². The highest BCUT2D eigenvalue weighted by atomic mass is 79.9. The highest BCUT2D eigenvalue weighted by Crippen LogP contribution is 2.30. The van der Waals surface area contributed by atoms with E-state index in [1.807, 2.05) is 18.2 Å². The zero-order chi connectivity index (χ0) is 16.9. The van der Waals surface area contributed by atoms with Gasteiger partial charge in [0, 0.05) is 18.8 Å². The Morgan fingerprint density at radius 2 is 2.08 bits per heavy atom. The molecule has 1 aromatic carbocycles. The molecule has 6 nitrogen and oxygen atoms in total. The fourth-order valence-electron chi connectivity index (χ4n) is 2.53. The number of halogens is 1. The summed E-state index contributed by atoms with van der Waals surface area (Å²) in [5.41, 5.74) is 1.98. The Labute approximate surface area is 148 Å². The van der Waals surface area contributed by atoms with Crippen molar-refractivity contribution in [1.29, 1.82) is 0 Å². The predicted octanol–water partition coefficient (Wildman–Crippen LogP) is 2.94. The third kappa shape index (κ3) is 3.85. The number of benzene rings is 1. The Balaban J connectivity index is 1.83. The lowest BCUT2D eigenvalue weighted by Gasteiger charge is -2.29. The van der Waals surface area contributed by atoms with E-state index in [1.54, 1.807) is 25.3 Å². The summed E-state index contributed by atoms with van der Waals surface area (Å²) in [7, 11) is 1.58. The van der Waals surface area contributed by atoms with E-state index in [9.17, 15) is 4.79 Å². The number of carbonyl (C=O) groups excluding carboxylic acids is 1. The van der Waals surface area contributed by atoms with E-state index in [2.05, 4.69) is 31.1 Å². The van der Waals surface area contributed by atoms with Gasteiger partial charge in [0.1, 0.15) is 16.0 Å². The van der Waals surface area contributed by atoms with E-state index in [1.165, 1.54) is 0 Å². The zero-order valence-corrected chi connectivity index (χ0v) is 14.9. The van der Waals surface area contributed by atoms with Crippen molar-refractivity contribution in [2.24, 2.45) is 0 Å². The molecule has 126 valence electrons. The molecule has 1 saturated heterocycles. The van der Waals surface area contributed by atoms with Crippen LogP contribution in [0.15, 0.2) is 41.0 Å². The molecular weight excluding hydrogens is 374 g/mol. The topological polar surface area (TPSA) is 63.7 Å². The van der Waals surface area contributed by atoms with Gasteiger partial charge in [-0.3, -0.25) is 4.79 Å². The van der Waals surface area contributed by atoms with Crippen LogP contribution in [0.2, 0.25) is 0 Å². The van der Waals surface area contributed by atoms with Crippen molar-refractivity contribution in [3.63, 3.8) is 0 Å². The number of hydrogen-bond acceptors (Lipinski definition) is 5. The van der Waals surface area contributed by atoms with Crippen LogP contribution in [0.3, 0.4) is 0 Å². The molecule has 0 bridgehead atoms. The lowest BCUT2D eigenvalue weighted by molar-refractivity contribution is 0.102. The molecule has 24 heavy (non-hydrogen) atoms. The van der Waals surface area contributed by atoms with Crippen LogP contribution < -0.4 is 15.0 Å². The summed E-state index contributed by atoms with van der Waals surface area (Å²) < 4.78 is 11.4. The lowest BCUT2D eigenvalue weighted by atomic mass is 10.2. The van der Waals surface area contributed by atoms with Crippen LogP contribution in [0.5, 0.6) is 5.75 Å². The molecule has 1 amide bonds. The monoisotopic (exact) mass is 391 g/mol. The number of carbonyl (C=O) groups is 1. The first-order valence-electron chi connectivity index (χ1n) is 7.62. The highest BCUT2D eigenvalue weighted by Gasteiger charge is 2.16. The van der Waals surface area contributed by atoms with E-state index < -0.39 is 0 Å². The average Bonchev–Trinajstić information content (AvgIpc) is 2.62. The van der Waals surface area contributed by atoms with Crippen LogP contribution in [0.1, 0.15) is 10.5 Å². The number of aromatic nitrogens is 1. The largest absolute Gasteiger partial charge is 0.495 e. The molecule has 1 N–H and O–H groups in total. The van der Waals surface area contributed by atoms with Gasteiger partial charge in [-0.2, -0.15) is 0 Å². The van der Waals surface area contributed by atoms with Gasteiger partial charge in [0.05, 0.1) is 26.0 Å². The van der Waals surface area contributed by atoms with Crippen LogP contribution in [0.25, 0.3) is 0 Å². The number of morpholine rings is 1. The third-order valence-electron chi connectivity index (χ3n) is 3.76. The van der Waals surface area contributed by atoms with Crippen LogP contribution in [-0.4, -0.2) is 44.3 Å². The van der Waals surface area contributed by atoms with Crippen LogP contribution in [-0.2, 0) is 4.74 Å². The van der Waals surface area contributed by atoms with Crippen LogP contribution >= 0.6 is 15.9 Å². The van der Waals surface area contributed by atoms with E-state index in [0.717, 1.165) is 18.8 Å². The van der Waals surface area contributed by atoms with E-state index >= 15 is 0 Å². The second-order valence-corrected chi connectivity index (χ2v) is 6.10. The summed E-state index contributed by atoms with van der Waals surface area (Å²) in [5, 5.41) is 2.88. The Morgan fingerprint density at radius 3 is 2.79 bits per heavy atom. The number of nitrogens with one attached hydrogen (secondary N) is 1. The molecule has 0 atom stereocenters. The van der Waals surface area contributed by atoms with Gasteiger partial charge in [-0.05, 0) is 46.3 Å². The zero-order valence-electron chi connectivity index (χ0n) is 13.3. The van der Waals surface area contributed by atoms with E-state index in [0.29, 0.717) is 34.9 Å². The third-order valence-corrected chi connectivity index (χ3v) is 4.20. The van der Waals surface area contributed by atoms with Crippen molar-refractivity contribution in [3.8, 4) is 5.75 Å². The van der Waals surface area contributed by atoms with Crippen molar-refractivity contribution >= 4 is 33.2 Å². The fraction of sp³-hybridized carbons (Fsp3) is 0.294. The standard InChI is InChI=1S/C17H18BrN3O3/c1-23-15-6-5-12(21-7-9-24-10-8-21)11-14(15)20-17(22)13-3-2-4-16(18)19-13/h2-6,11H,7-10H2,1H3,(H,20,22). The molecule has 1 aliphatic rings.